The Morgan fingerprint density at radius 1 is 1.33 bits per heavy atom. The molecule has 21 heavy (non-hydrogen) atoms. The minimum Gasteiger partial charge on any atom is -0.372 e. The summed E-state index contributed by atoms with van der Waals surface area (Å²) in [4.78, 5) is 15.9. The van der Waals surface area contributed by atoms with Gasteiger partial charge >= 0.3 is 6.03 Å². The van der Waals surface area contributed by atoms with Crippen molar-refractivity contribution >= 4 is 17.4 Å². The van der Waals surface area contributed by atoms with Crippen molar-refractivity contribution in [3.63, 3.8) is 0 Å². The first-order chi connectivity index (χ1) is 10.3. The number of urea groups is 1. The third kappa shape index (κ3) is 5.17. The fraction of sp³-hybridized carbons (Fsp3) is 0.333. The molecule has 2 N–H and O–H groups in total. The zero-order valence-corrected chi connectivity index (χ0v) is 12.7. The van der Waals surface area contributed by atoms with Gasteiger partial charge in [-0.15, -0.1) is 11.3 Å². The Hall–Kier alpha value is -1.92. The lowest BCUT2D eigenvalue weighted by Gasteiger charge is -2.18. The van der Waals surface area contributed by atoms with Gasteiger partial charge in [0.2, 0.25) is 0 Å². The van der Waals surface area contributed by atoms with Crippen molar-refractivity contribution in [3.05, 3.63) is 52.5 Å². The molecule has 2 rings (SSSR count). The summed E-state index contributed by atoms with van der Waals surface area (Å²) in [5.74, 6) is 0. The van der Waals surface area contributed by atoms with Crippen molar-refractivity contribution in [1.29, 1.82) is 0 Å². The van der Waals surface area contributed by atoms with Gasteiger partial charge in [0.25, 0.3) is 0 Å². The van der Waals surface area contributed by atoms with E-state index in [1.54, 1.807) is 6.20 Å². The lowest BCUT2D eigenvalue weighted by molar-refractivity contribution is 0.0639. The molecule has 0 radical (unpaired) electrons. The molecule has 2 amide bonds. The van der Waals surface area contributed by atoms with Crippen molar-refractivity contribution in [2.45, 2.75) is 19.6 Å². The Balaban J connectivity index is 1.80. The van der Waals surface area contributed by atoms with Gasteiger partial charge in [0, 0.05) is 24.7 Å². The molecule has 0 fully saturated rings. The highest BCUT2D eigenvalue weighted by molar-refractivity contribution is 7.09. The predicted octanol–water partition coefficient (Wildman–Crippen LogP) is 2.72. The minimum atomic E-state index is -0.217. The highest BCUT2D eigenvalue weighted by atomic mass is 32.1. The molecule has 0 aliphatic rings. The molecule has 5 nitrogen and oxygen atoms in total. The number of nitrogens with one attached hydrogen (secondary N) is 2. The van der Waals surface area contributed by atoms with Crippen LogP contribution in [0.4, 0.5) is 4.79 Å². The zero-order valence-electron chi connectivity index (χ0n) is 11.9. The van der Waals surface area contributed by atoms with Crippen LogP contribution in [0.3, 0.4) is 0 Å². The van der Waals surface area contributed by atoms with Crippen LogP contribution in [0.5, 0.6) is 0 Å². The number of thiazole rings is 1. The Bertz CT molecular complexity index is 531. The Kier molecular flexibility index (Phi) is 6.18. The van der Waals surface area contributed by atoms with E-state index >= 15 is 0 Å². The molecular weight excluding hydrogens is 286 g/mol. The standard InChI is InChI=1S/C15H19N3O2S/c1-2-20-13(12-6-4-3-5-7-12)10-17-15(19)18-11-14-16-8-9-21-14/h3-9,13H,2,10-11H2,1H3,(H2,17,18,19)/t13-/m0/s1. The molecule has 6 heteroatoms. The molecule has 0 spiro atoms. The summed E-state index contributed by atoms with van der Waals surface area (Å²) in [5, 5.41) is 8.37. The highest BCUT2D eigenvalue weighted by Crippen LogP contribution is 2.15. The zero-order chi connectivity index (χ0) is 14.9. The average Bonchev–Trinajstić information content (AvgIpc) is 3.03. The molecule has 112 valence electrons. The van der Waals surface area contributed by atoms with Gasteiger partial charge in [0.05, 0.1) is 12.6 Å². The third-order valence-electron chi connectivity index (χ3n) is 2.87. The van der Waals surface area contributed by atoms with Crippen LogP contribution in [0.15, 0.2) is 41.9 Å². The molecule has 0 unspecified atom stereocenters. The van der Waals surface area contributed by atoms with Crippen LogP contribution >= 0.6 is 11.3 Å². The van der Waals surface area contributed by atoms with E-state index in [0.717, 1.165) is 10.6 Å². The molecular formula is C15H19N3O2S. The molecule has 1 aromatic carbocycles. The van der Waals surface area contributed by atoms with Gasteiger partial charge in [-0.05, 0) is 12.5 Å². The van der Waals surface area contributed by atoms with Crippen LogP contribution in [0, 0.1) is 0 Å². The number of carbonyl (C=O) groups is 1. The second-order valence-electron chi connectivity index (χ2n) is 4.34. The van der Waals surface area contributed by atoms with Gasteiger partial charge < -0.3 is 15.4 Å². The largest absolute Gasteiger partial charge is 0.372 e. The lowest BCUT2D eigenvalue weighted by atomic mass is 10.1. The second-order valence-corrected chi connectivity index (χ2v) is 5.32. The number of ether oxygens (including phenoxy) is 1. The van der Waals surface area contributed by atoms with Gasteiger partial charge in [0.1, 0.15) is 5.01 Å². The van der Waals surface area contributed by atoms with Crippen molar-refractivity contribution in [2.75, 3.05) is 13.2 Å². The van der Waals surface area contributed by atoms with Crippen LogP contribution in [-0.4, -0.2) is 24.2 Å². The topological polar surface area (TPSA) is 63.2 Å². The molecule has 0 saturated carbocycles. The fourth-order valence-electron chi connectivity index (χ4n) is 1.89. The first kappa shape index (κ1) is 15.5. The molecule has 0 saturated heterocycles. The van der Waals surface area contributed by atoms with Crippen LogP contribution in [0.25, 0.3) is 0 Å². The average molecular weight is 305 g/mol. The van der Waals surface area contributed by atoms with Crippen LogP contribution in [-0.2, 0) is 11.3 Å². The van der Waals surface area contributed by atoms with E-state index in [1.165, 1.54) is 11.3 Å². The molecule has 0 aliphatic heterocycles. The highest BCUT2D eigenvalue weighted by Gasteiger charge is 2.12. The SMILES string of the molecule is CCO[C@@H](CNC(=O)NCc1nccs1)c1ccccc1. The number of carbonyl (C=O) groups excluding carboxylic acids is 1. The molecule has 1 heterocycles. The van der Waals surface area contributed by atoms with Crippen LogP contribution < -0.4 is 10.6 Å². The maximum Gasteiger partial charge on any atom is 0.315 e. The summed E-state index contributed by atoms with van der Waals surface area (Å²) >= 11 is 1.52. The molecule has 2 aromatic rings. The van der Waals surface area contributed by atoms with Crippen molar-refractivity contribution in [3.8, 4) is 0 Å². The Morgan fingerprint density at radius 3 is 2.81 bits per heavy atom. The van der Waals surface area contributed by atoms with Crippen LogP contribution in [0.1, 0.15) is 23.6 Å². The normalized spacial score (nSPS) is 11.9. The number of nitrogens with zero attached hydrogens (tertiary/aromatic N) is 1. The van der Waals surface area contributed by atoms with Crippen molar-refractivity contribution in [1.82, 2.24) is 15.6 Å². The number of rotatable bonds is 7. The predicted molar refractivity (Wildman–Crippen MR) is 83.2 cm³/mol. The number of amides is 2. The third-order valence-corrected chi connectivity index (χ3v) is 3.65. The minimum absolute atomic E-state index is 0.137. The molecule has 0 aliphatic carbocycles. The van der Waals surface area contributed by atoms with E-state index in [1.807, 2.05) is 42.6 Å². The Morgan fingerprint density at radius 2 is 2.14 bits per heavy atom. The maximum absolute atomic E-state index is 11.8. The smallest absolute Gasteiger partial charge is 0.315 e. The summed E-state index contributed by atoms with van der Waals surface area (Å²) in [7, 11) is 0. The van der Waals surface area contributed by atoms with E-state index in [9.17, 15) is 4.79 Å². The number of aromatic nitrogens is 1. The summed E-state index contributed by atoms with van der Waals surface area (Å²) < 4.78 is 5.68. The maximum atomic E-state index is 11.8. The monoisotopic (exact) mass is 305 g/mol. The van der Waals surface area contributed by atoms with Gasteiger partial charge in [-0.1, -0.05) is 30.3 Å². The first-order valence-electron chi connectivity index (χ1n) is 6.86. The summed E-state index contributed by atoms with van der Waals surface area (Å²) in [5.41, 5.74) is 1.06. The molecule has 1 atom stereocenters. The van der Waals surface area contributed by atoms with E-state index in [4.69, 9.17) is 4.74 Å². The summed E-state index contributed by atoms with van der Waals surface area (Å²) in [6.07, 6.45) is 1.59. The molecule has 1 aromatic heterocycles. The van der Waals surface area contributed by atoms with Gasteiger partial charge in [-0.2, -0.15) is 0 Å². The second kappa shape index (κ2) is 8.39. The van der Waals surface area contributed by atoms with Crippen molar-refractivity contribution in [2.24, 2.45) is 0 Å². The van der Waals surface area contributed by atoms with E-state index < -0.39 is 0 Å². The Labute approximate surface area is 128 Å². The quantitative estimate of drug-likeness (QED) is 0.826. The van der Waals surface area contributed by atoms with Gasteiger partial charge in [-0.3, -0.25) is 0 Å². The van der Waals surface area contributed by atoms with E-state index in [-0.39, 0.29) is 12.1 Å². The van der Waals surface area contributed by atoms with Crippen molar-refractivity contribution < 1.29 is 9.53 Å². The lowest BCUT2D eigenvalue weighted by Crippen LogP contribution is -2.37. The van der Waals surface area contributed by atoms with E-state index in [2.05, 4.69) is 15.6 Å². The summed E-state index contributed by atoms with van der Waals surface area (Å²) in [6, 6.07) is 9.66. The summed E-state index contributed by atoms with van der Waals surface area (Å²) in [6.45, 7) is 3.41. The van der Waals surface area contributed by atoms with Crippen LogP contribution in [0.2, 0.25) is 0 Å². The van der Waals surface area contributed by atoms with Gasteiger partial charge in [-0.25, -0.2) is 9.78 Å². The van der Waals surface area contributed by atoms with Gasteiger partial charge in [0.15, 0.2) is 0 Å². The fourth-order valence-corrected chi connectivity index (χ4v) is 2.44. The number of hydrogen-bond acceptors (Lipinski definition) is 4. The first-order valence-corrected chi connectivity index (χ1v) is 7.74. The number of hydrogen-bond donors (Lipinski definition) is 2. The molecule has 0 bridgehead atoms. The number of benzene rings is 1. The van der Waals surface area contributed by atoms with E-state index in [0.29, 0.717) is 19.7 Å².